The normalized spacial score (nSPS) is 16.5. The van der Waals surface area contributed by atoms with Crippen molar-refractivity contribution in [2.45, 2.75) is 38.1 Å². The average Bonchev–Trinajstić information content (AvgIpc) is 3.38. The van der Waals surface area contributed by atoms with Crippen LogP contribution in [0.2, 0.25) is 0 Å². The molecule has 1 N–H and O–H groups in total. The van der Waals surface area contributed by atoms with Gasteiger partial charge in [-0.25, -0.2) is 4.98 Å². The first kappa shape index (κ1) is 16.3. The molecule has 136 valence electrons. The van der Waals surface area contributed by atoms with E-state index in [2.05, 4.69) is 64.8 Å². The van der Waals surface area contributed by atoms with Crippen molar-refractivity contribution in [1.29, 1.82) is 0 Å². The lowest BCUT2D eigenvalue weighted by Gasteiger charge is -2.21. The van der Waals surface area contributed by atoms with Crippen molar-refractivity contribution in [1.82, 2.24) is 9.97 Å². The second-order valence-corrected chi connectivity index (χ2v) is 7.46. The van der Waals surface area contributed by atoms with Crippen molar-refractivity contribution in [3.8, 4) is 11.3 Å². The highest BCUT2D eigenvalue weighted by Gasteiger charge is 2.23. The van der Waals surface area contributed by atoms with E-state index in [-0.39, 0.29) is 0 Å². The van der Waals surface area contributed by atoms with Gasteiger partial charge >= 0.3 is 0 Å². The van der Waals surface area contributed by atoms with E-state index < -0.39 is 0 Å². The zero-order valence-electron chi connectivity index (χ0n) is 15.4. The van der Waals surface area contributed by atoms with E-state index in [1.54, 1.807) is 0 Å². The highest BCUT2D eigenvalue weighted by atomic mass is 15.2. The van der Waals surface area contributed by atoms with Crippen LogP contribution >= 0.6 is 0 Å². The average molecular weight is 356 g/mol. The van der Waals surface area contributed by atoms with Gasteiger partial charge in [-0.05, 0) is 30.9 Å². The second kappa shape index (κ2) is 7.03. The van der Waals surface area contributed by atoms with Crippen LogP contribution in [0.4, 0.5) is 17.5 Å². The van der Waals surface area contributed by atoms with Gasteiger partial charge < -0.3 is 10.2 Å². The molecule has 1 aromatic heterocycles. The Kier molecular flexibility index (Phi) is 4.24. The van der Waals surface area contributed by atoms with Crippen LogP contribution in [0.15, 0.2) is 60.7 Å². The fourth-order valence-electron chi connectivity index (χ4n) is 4.22. The Labute approximate surface area is 160 Å². The van der Waals surface area contributed by atoms with Crippen molar-refractivity contribution < 1.29 is 0 Å². The lowest BCUT2D eigenvalue weighted by atomic mass is 10.1. The molecule has 1 fully saturated rings. The minimum absolute atomic E-state index is 0.495. The molecule has 2 aliphatic rings. The van der Waals surface area contributed by atoms with Crippen molar-refractivity contribution in [3.05, 3.63) is 66.2 Å². The summed E-state index contributed by atoms with van der Waals surface area (Å²) in [7, 11) is 0. The van der Waals surface area contributed by atoms with Crippen LogP contribution in [0.5, 0.6) is 0 Å². The molecule has 0 radical (unpaired) electrons. The van der Waals surface area contributed by atoms with E-state index in [0.29, 0.717) is 6.04 Å². The number of hydrogen-bond donors (Lipinski definition) is 1. The number of benzene rings is 2. The first-order valence-electron chi connectivity index (χ1n) is 9.93. The van der Waals surface area contributed by atoms with Gasteiger partial charge in [0.25, 0.3) is 0 Å². The lowest BCUT2D eigenvalue weighted by Crippen LogP contribution is -2.20. The molecule has 0 unspecified atom stereocenters. The predicted molar refractivity (Wildman–Crippen MR) is 110 cm³/mol. The minimum Gasteiger partial charge on any atom is -0.351 e. The highest BCUT2D eigenvalue weighted by Crippen LogP contribution is 2.35. The monoisotopic (exact) mass is 356 g/mol. The molecule has 27 heavy (non-hydrogen) atoms. The molecular weight excluding hydrogens is 332 g/mol. The number of para-hydroxylation sites is 1. The molecule has 1 aliphatic carbocycles. The first-order chi connectivity index (χ1) is 13.4. The van der Waals surface area contributed by atoms with Crippen molar-refractivity contribution in [3.63, 3.8) is 0 Å². The molecule has 5 rings (SSSR count). The molecule has 1 saturated carbocycles. The number of anilines is 3. The summed E-state index contributed by atoms with van der Waals surface area (Å²) in [5.41, 5.74) is 4.76. The van der Waals surface area contributed by atoms with Gasteiger partial charge in [-0.1, -0.05) is 61.4 Å². The molecular formula is C23H24N4. The lowest BCUT2D eigenvalue weighted by molar-refractivity contribution is 0.744. The molecule has 0 atom stereocenters. The van der Waals surface area contributed by atoms with Crippen LogP contribution in [-0.2, 0) is 6.42 Å². The Balaban J connectivity index is 1.56. The van der Waals surface area contributed by atoms with Crippen LogP contribution < -0.4 is 10.2 Å². The Morgan fingerprint density at radius 1 is 0.889 bits per heavy atom. The summed E-state index contributed by atoms with van der Waals surface area (Å²) in [6, 6.07) is 21.6. The molecule has 4 heteroatoms. The maximum Gasteiger partial charge on any atom is 0.225 e. The minimum atomic E-state index is 0.495. The molecule has 2 heterocycles. The maximum atomic E-state index is 4.91. The Bertz CT molecular complexity index is 932. The Morgan fingerprint density at radius 3 is 2.52 bits per heavy atom. The van der Waals surface area contributed by atoms with Crippen molar-refractivity contribution in [2.24, 2.45) is 0 Å². The molecule has 0 spiro atoms. The van der Waals surface area contributed by atoms with E-state index >= 15 is 0 Å². The van der Waals surface area contributed by atoms with Gasteiger partial charge in [0.15, 0.2) is 0 Å². The quantitative estimate of drug-likeness (QED) is 0.698. The summed E-state index contributed by atoms with van der Waals surface area (Å²) < 4.78 is 0. The van der Waals surface area contributed by atoms with Crippen LogP contribution in [0.1, 0.15) is 31.2 Å². The number of rotatable bonds is 4. The molecule has 0 saturated heterocycles. The number of nitrogens with one attached hydrogen (secondary N) is 1. The van der Waals surface area contributed by atoms with Crippen LogP contribution in [0.25, 0.3) is 11.3 Å². The summed E-state index contributed by atoms with van der Waals surface area (Å²) in [4.78, 5) is 12.1. The summed E-state index contributed by atoms with van der Waals surface area (Å²) in [5, 5.41) is 3.59. The van der Waals surface area contributed by atoms with Crippen molar-refractivity contribution >= 4 is 17.5 Å². The van der Waals surface area contributed by atoms with E-state index in [9.17, 15) is 0 Å². The summed E-state index contributed by atoms with van der Waals surface area (Å²) in [6.07, 6.45) is 6.07. The first-order valence-corrected chi connectivity index (χ1v) is 9.93. The molecule has 1 aliphatic heterocycles. The van der Waals surface area contributed by atoms with E-state index in [0.717, 1.165) is 36.0 Å². The summed E-state index contributed by atoms with van der Waals surface area (Å²) in [6.45, 7) is 0.966. The number of nitrogens with zero attached hydrogens (tertiary/aromatic N) is 3. The van der Waals surface area contributed by atoms with Gasteiger partial charge in [0.05, 0.1) is 5.69 Å². The highest BCUT2D eigenvalue weighted by molar-refractivity contribution is 5.72. The predicted octanol–water partition coefficient (Wildman–Crippen LogP) is 5.19. The number of hydrogen-bond acceptors (Lipinski definition) is 4. The fourth-order valence-corrected chi connectivity index (χ4v) is 4.22. The Hall–Kier alpha value is -2.88. The standard InChI is InChI=1S/C23H24N4/c1-2-8-17(9-3-1)20-16-22(26-23(25-20)24-19-11-5-6-12-19)27-15-14-18-10-4-7-13-21(18)27/h1-4,7-10,13,16,19H,5-6,11-12,14-15H2,(H,24,25,26). The smallest absolute Gasteiger partial charge is 0.225 e. The van der Waals surface area contributed by atoms with Gasteiger partial charge in [-0.3, -0.25) is 0 Å². The van der Waals surface area contributed by atoms with Crippen molar-refractivity contribution in [2.75, 3.05) is 16.8 Å². The zero-order chi connectivity index (χ0) is 18.1. The van der Waals surface area contributed by atoms with Crippen LogP contribution in [-0.4, -0.2) is 22.6 Å². The molecule has 0 bridgehead atoms. The van der Waals surface area contributed by atoms with Gasteiger partial charge in [-0.15, -0.1) is 0 Å². The third-order valence-corrected chi connectivity index (χ3v) is 5.63. The van der Waals surface area contributed by atoms with E-state index in [1.807, 2.05) is 6.07 Å². The maximum absolute atomic E-state index is 4.91. The largest absolute Gasteiger partial charge is 0.351 e. The van der Waals surface area contributed by atoms with Gasteiger partial charge in [-0.2, -0.15) is 4.98 Å². The van der Waals surface area contributed by atoms with Gasteiger partial charge in [0, 0.05) is 29.9 Å². The second-order valence-electron chi connectivity index (χ2n) is 7.46. The van der Waals surface area contributed by atoms with Gasteiger partial charge in [0.2, 0.25) is 5.95 Å². The molecule has 4 nitrogen and oxygen atoms in total. The van der Waals surface area contributed by atoms with Crippen LogP contribution in [0, 0.1) is 0 Å². The topological polar surface area (TPSA) is 41.1 Å². The van der Waals surface area contributed by atoms with E-state index in [1.165, 1.54) is 36.9 Å². The molecule has 0 amide bonds. The fraction of sp³-hybridized carbons (Fsp3) is 0.304. The van der Waals surface area contributed by atoms with Gasteiger partial charge in [0.1, 0.15) is 5.82 Å². The molecule has 3 aromatic rings. The number of aromatic nitrogens is 2. The van der Waals surface area contributed by atoms with E-state index in [4.69, 9.17) is 9.97 Å². The van der Waals surface area contributed by atoms with Crippen LogP contribution in [0.3, 0.4) is 0 Å². The summed E-state index contributed by atoms with van der Waals surface area (Å²) in [5.74, 6) is 1.73. The summed E-state index contributed by atoms with van der Waals surface area (Å²) >= 11 is 0. The number of fused-ring (bicyclic) bond motifs is 1. The Morgan fingerprint density at radius 2 is 1.67 bits per heavy atom. The third-order valence-electron chi connectivity index (χ3n) is 5.63. The zero-order valence-corrected chi connectivity index (χ0v) is 15.4. The SMILES string of the molecule is c1ccc(-c2cc(N3CCc4ccccc43)nc(NC3CCCC3)n2)cc1. The molecule has 2 aromatic carbocycles. The third kappa shape index (κ3) is 3.27.